The van der Waals surface area contributed by atoms with E-state index in [4.69, 9.17) is 4.74 Å². The van der Waals surface area contributed by atoms with Crippen LogP contribution in [0, 0.1) is 0 Å². The van der Waals surface area contributed by atoms with E-state index < -0.39 is 10.0 Å². The van der Waals surface area contributed by atoms with Crippen LogP contribution in [0.4, 0.5) is 0 Å². The van der Waals surface area contributed by atoms with Crippen LogP contribution < -0.4 is 15.4 Å². The van der Waals surface area contributed by atoms with Crippen LogP contribution in [0.2, 0.25) is 0 Å². The van der Waals surface area contributed by atoms with Gasteiger partial charge >= 0.3 is 0 Å². The third kappa shape index (κ3) is 7.49. The molecule has 1 aliphatic rings. The average Bonchev–Trinajstić information content (AvgIpc) is 2.65. The number of methoxy groups -OCH3 is 1. The van der Waals surface area contributed by atoms with Gasteiger partial charge in [0.05, 0.1) is 12.9 Å². The summed E-state index contributed by atoms with van der Waals surface area (Å²) < 4.78 is 31.4. The number of rotatable bonds is 7. The molecule has 1 aliphatic heterocycles. The third-order valence-corrected chi connectivity index (χ3v) is 6.65. The second-order valence-electron chi connectivity index (χ2n) is 5.53. The minimum absolute atomic E-state index is 0. The Morgan fingerprint density at radius 3 is 2.69 bits per heavy atom. The summed E-state index contributed by atoms with van der Waals surface area (Å²) in [6.07, 6.45) is 0. The van der Waals surface area contributed by atoms with Crippen LogP contribution in [0.3, 0.4) is 0 Å². The van der Waals surface area contributed by atoms with Crippen molar-refractivity contribution in [2.75, 3.05) is 51.1 Å². The van der Waals surface area contributed by atoms with Crippen LogP contribution in [0.5, 0.6) is 5.75 Å². The number of nitrogens with one attached hydrogen (secondary N) is 2. The summed E-state index contributed by atoms with van der Waals surface area (Å²) >= 11 is 1.79. The molecule has 0 amide bonds. The van der Waals surface area contributed by atoms with Gasteiger partial charge < -0.3 is 15.4 Å². The summed E-state index contributed by atoms with van der Waals surface area (Å²) in [5, 5.41) is 6.23. The van der Waals surface area contributed by atoms with E-state index in [1.54, 1.807) is 30.2 Å². The maximum absolute atomic E-state index is 12.3. The summed E-state index contributed by atoms with van der Waals surface area (Å²) in [4.78, 5) is 4.13. The summed E-state index contributed by atoms with van der Waals surface area (Å²) in [7, 11) is 0.0922. The molecule has 10 heteroatoms. The standard InChI is InChI=1S/C16H26N4O3S2.HI/c1-17-16(19-13-14-4-3-5-15(12-14)23-2)18-6-11-25(21,22)20-7-9-24-10-8-20;/h3-5,12H,6-11,13H2,1-2H3,(H2,17,18,19);1H. The highest BCUT2D eigenvalue weighted by Crippen LogP contribution is 2.13. The lowest BCUT2D eigenvalue weighted by atomic mass is 10.2. The van der Waals surface area contributed by atoms with E-state index in [1.807, 2.05) is 24.3 Å². The first-order valence-corrected chi connectivity index (χ1v) is 10.9. The Morgan fingerprint density at radius 2 is 2.04 bits per heavy atom. The van der Waals surface area contributed by atoms with Crippen molar-refractivity contribution in [3.8, 4) is 5.75 Å². The van der Waals surface area contributed by atoms with Gasteiger partial charge in [-0.1, -0.05) is 12.1 Å². The molecule has 1 saturated heterocycles. The number of thioether (sulfide) groups is 1. The van der Waals surface area contributed by atoms with Gasteiger partial charge in [-0.15, -0.1) is 24.0 Å². The van der Waals surface area contributed by atoms with Gasteiger partial charge in [-0.3, -0.25) is 4.99 Å². The van der Waals surface area contributed by atoms with Gasteiger partial charge in [0.25, 0.3) is 0 Å². The number of ether oxygens (including phenoxy) is 1. The molecule has 2 N–H and O–H groups in total. The molecule has 0 aromatic heterocycles. The number of aliphatic imine (C=N–C) groups is 1. The van der Waals surface area contributed by atoms with E-state index in [9.17, 15) is 8.42 Å². The molecule has 7 nitrogen and oxygen atoms in total. The van der Waals surface area contributed by atoms with Crippen molar-refractivity contribution in [2.24, 2.45) is 4.99 Å². The highest BCUT2D eigenvalue weighted by Gasteiger charge is 2.23. The van der Waals surface area contributed by atoms with Gasteiger partial charge in [-0.25, -0.2) is 12.7 Å². The van der Waals surface area contributed by atoms with E-state index in [1.165, 1.54) is 0 Å². The molecule has 0 unspecified atom stereocenters. The predicted octanol–water partition coefficient (Wildman–Crippen LogP) is 1.36. The zero-order valence-corrected chi connectivity index (χ0v) is 19.1. The highest BCUT2D eigenvalue weighted by atomic mass is 127. The third-order valence-electron chi connectivity index (χ3n) is 3.83. The number of nitrogens with zero attached hydrogens (tertiary/aromatic N) is 2. The maximum atomic E-state index is 12.3. The number of sulfonamides is 1. The molecule has 2 rings (SSSR count). The number of halogens is 1. The van der Waals surface area contributed by atoms with Crippen molar-refractivity contribution in [1.82, 2.24) is 14.9 Å². The molecule has 0 aliphatic carbocycles. The molecule has 0 atom stereocenters. The quantitative estimate of drug-likeness (QED) is 0.325. The van der Waals surface area contributed by atoms with Crippen LogP contribution in [-0.2, 0) is 16.6 Å². The molecular weight excluding hydrogens is 487 g/mol. The Hall–Kier alpha value is -0.720. The second kappa shape index (κ2) is 11.9. The van der Waals surface area contributed by atoms with Crippen LogP contribution in [0.15, 0.2) is 29.3 Å². The molecule has 148 valence electrons. The van der Waals surface area contributed by atoms with Crippen molar-refractivity contribution in [2.45, 2.75) is 6.54 Å². The first-order chi connectivity index (χ1) is 12.0. The van der Waals surface area contributed by atoms with Crippen molar-refractivity contribution in [3.05, 3.63) is 29.8 Å². The Bertz CT molecular complexity index is 680. The van der Waals surface area contributed by atoms with E-state index in [-0.39, 0.29) is 29.7 Å². The van der Waals surface area contributed by atoms with E-state index >= 15 is 0 Å². The van der Waals surface area contributed by atoms with Gasteiger partial charge in [0.15, 0.2) is 5.96 Å². The van der Waals surface area contributed by atoms with Crippen molar-refractivity contribution in [1.29, 1.82) is 0 Å². The fourth-order valence-corrected chi connectivity index (χ4v) is 4.93. The van der Waals surface area contributed by atoms with Gasteiger partial charge in [0.2, 0.25) is 10.0 Å². The fraction of sp³-hybridized carbons (Fsp3) is 0.562. The van der Waals surface area contributed by atoms with Gasteiger partial charge in [-0.05, 0) is 17.7 Å². The van der Waals surface area contributed by atoms with E-state index in [0.717, 1.165) is 22.8 Å². The lowest BCUT2D eigenvalue weighted by Crippen LogP contribution is -2.44. The highest BCUT2D eigenvalue weighted by molar-refractivity contribution is 14.0. The van der Waals surface area contributed by atoms with Crippen molar-refractivity contribution < 1.29 is 13.2 Å². The Kier molecular flexibility index (Phi) is 10.7. The molecule has 1 heterocycles. The van der Waals surface area contributed by atoms with E-state index in [2.05, 4.69) is 15.6 Å². The predicted molar refractivity (Wildman–Crippen MR) is 119 cm³/mol. The summed E-state index contributed by atoms with van der Waals surface area (Å²) in [6, 6.07) is 7.75. The first-order valence-electron chi connectivity index (χ1n) is 8.18. The number of hydrogen-bond donors (Lipinski definition) is 2. The van der Waals surface area contributed by atoms with Gasteiger partial charge in [0, 0.05) is 44.7 Å². The Labute approximate surface area is 177 Å². The summed E-state index contributed by atoms with van der Waals surface area (Å²) in [5.74, 6) is 3.19. The SMILES string of the molecule is CN=C(NCCS(=O)(=O)N1CCSCC1)NCc1cccc(OC)c1.I. The smallest absolute Gasteiger partial charge is 0.215 e. The van der Waals surface area contributed by atoms with Crippen molar-refractivity contribution in [3.63, 3.8) is 0 Å². The zero-order valence-electron chi connectivity index (χ0n) is 15.1. The molecule has 0 radical (unpaired) electrons. The first kappa shape index (κ1) is 23.3. The van der Waals surface area contributed by atoms with Gasteiger partial charge in [-0.2, -0.15) is 11.8 Å². The molecule has 0 saturated carbocycles. The van der Waals surface area contributed by atoms with Crippen LogP contribution in [0.1, 0.15) is 5.56 Å². The number of guanidine groups is 1. The lowest BCUT2D eigenvalue weighted by molar-refractivity contribution is 0.414. The topological polar surface area (TPSA) is 83.0 Å². The largest absolute Gasteiger partial charge is 0.497 e. The summed E-state index contributed by atoms with van der Waals surface area (Å²) in [6.45, 7) is 2.11. The van der Waals surface area contributed by atoms with E-state index in [0.29, 0.717) is 32.1 Å². The van der Waals surface area contributed by atoms with Crippen LogP contribution in [0.25, 0.3) is 0 Å². The van der Waals surface area contributed by atoms with Crippen LogP contribution >= 0.6 is 35.7 Å². The molecule has 0 spiro atoms. The fourth-order valence-electron chi connectivity index (χ4n) is 2.44. The lowest BCUT2D eigenvalue weighted by Gasteiger charge is -2.25. The molecule has 0 bridgehead atoms. The number of hydrogen-bond acceptors (Lipinski definition) is 5. The van der Waals surface area contributed by atoms with Crippen LogP contribution in [-0.4, -0.2) is 69.7 Å². The minimum atomic E-state index is -3.21. The van der Waals surface area contributed by atoms with Crippen molar-refractivity contribution >= 4 is 51.7 Å². The Balaban J connectivity index is 0.00000338. The molecule has 1 aromatic carbocycles. The number of benzene rings is 1. The Morgan fingerprint density at radius 1 is 1.31 bits per heavy atom. The molecular formula is C16H27IN4O3S2. The monoisotopic (exact) mass is 514 g/mol. The minimum Gasteiger partial charge on any atom is -0.497 e. The maximum Gasteiger partial charge on any atom is 0.215 e. The average molecular weight is 514 g/mol. The normalized spacial score (nSPS) is 15.8. The second-order valence-corrected chi connectivity index (χ2v) is 8.84. The van der Waals surface area contributed by atoms with Gasteiger partial charge in [0.1, 0.15) is 5.75 Å². The molecule has 1 aromatic rings. The molecule has 26 heavy (non-hydrogen) atoms. The zero-order chi connectivity index (χ0) is 18.1. The summed E-state index contributed by atoms with van der Waals surface area (Å²) in [5.41, 5.74) is 1.06. The molecule has 1 fully saturated rings.